The second-order valence-corrected chi connectivity index (χ2v) is 9.28. The van der Waals surface area contributed by atoms with Crippen molar-refractivity contribution in [3.8, 4) is 0 Å². The number of rotatable bonds is 4. The number of hydrogen-bond acceptors (Lipinski definition) is 4. The van der Waals surface area contributed by atoms with Gasteiger partial charge in [0.15, 0.2) is 0 Å². The summed E-state index contributed by atoms with van der Waals surface area (Å²) in [5, 5.41) is 0. The molecule has 130 valence electrons. The molecule has 3 heterocycles. The van der Waals surface area contributed by atoms with Gasteiger partial charge in [-0.1, -0.05) is 0 Å². The third kappa shape index (κ3) is 5.15. The van der Waals surface area contributed by atoms with Crippen molar-refractivity contribution in [1.82, 2.24) is 9.80 Å². The van der Waals surface area contributed by atoms with E-state index in [1.54, 1.807) is 20.1 Å². The Morgan fingerprint density at radius 2 is 1.17 bits per heavy atom. The second-order valence-electron chi connectivity index (χ2n) is 6.79. The zero-order valence-corrected chi connectivity index (χ0v) is 16.3. The molecule has 0 bridgehead atoms. The normalized spacial score (nSPS) is 29.0. The first-order chi connectivity index (χ1) is 11.2. The van der Waals surface area contributed by atoms with Crippen molar-refractivity contribution in [2.45, 2.75) is 26.7 Å². The first kappa shape index (κ1) is 17.7. The van der Waals surface area contributed by atoms with Gasteiger partial charge in [-0.3, -0.25) is 0 Å². The average molecular weight is 385 g/mol. The van der Waals surface area contributed by atoms with Gasteiger partial charge in [-0.25, -0.2) is 0 Å². The second kappa shape index (κ2) is 8.79. The van der Waals surface area contributed by atoms with Crippen LogP contribution in [-0.4, -0.2) is 90.5 Å². The summed E-state index contributed by atoms with van der Waals surface area (Å²) in [6.07, 6.45) is 2.60. The Balaban J connectivity index is 1.55. The van der Waals surface area contributed by atoms with E-state index in [2.05, 4.69) is 23.6 Å². The summed E-state index contributed by atoms with van der Waals surface area (Å²) in [6, 6.07) is 0. The summed E-state index contributed by atoms with van der Waals surface area (Å²) in [5.41, 5.74) is 3.25. The number of allylic oxidation sites excluding steroid dienone is 2. The quantitative estimate of drug-likeness (QED) is 0.688. The average Bonchev–Trinajstić information content (AvgIpc) is 3.07. The van der Waals surface area contributed by atoms with Gasteiger partial charge in [-0.2, -0.15) is 0 Å². The van der Waals surface area contributed by atoms with Crippen LogP contribution in [0.5, 0.6) is 0 Å². The first-order valence-corrected chi connectivity index (χ1v) is 10.6. The molecule has 4 nitrogen and oxygen atoms in total. The van der Waals surface area contributed by atoms with Crippen LogP contribution >= 0.6 is 0 Å². The van der Waals surface area contributed by atoms with Gasteiger partial charge in [-0.15, -0.1) is 0 Å². The molecule has 0 N–H and O–H groups in total. The molecule has 0 atom stereocenters. The molecule has 3 aliphatic rings. The van der Waals surface area contributed by atoms with Gasteiger partial charge in [0.2, 0.25) is 0 Å². The van der Waals surface area contributed by atoms with Crippen LogP contribution in [0.2, 0.25) is 0 Å². The van der Waals surface area contributed by atoms with Crippen LogP contribution in [0.4, 0.5) is 0 Å². The Kier molecular flexibility index (Phi) is 6.75. The molecule has 0 amide bonds. The molecule has 0 aliphatic carbocycles. The fraction of sp³-hybridized carbons (Fsp3) is 0.778. The molecule has 3 rings (SSSR count). The van der Waals surface area contributed by atoms with Crippen LogP contribution in [0.3, 0.4) is 0 Å². The summed E-state index contributed by atoms with van der Waals surface area (Å²) < 4.78 is 14.4. The number of nitrogens with zero attached hydrogens (tertiary/aromatic N) is 2. The Hall–Kier alpha value is -0.161. The SMILES string of the molecule is CC(CN1CCOCC1)=C1CCC(=C(C)CN2CCOCC2)[Se]1. The first-order valence-electron chi connectivity index (χ1n) is 8.87. The summed E-state index contributed by atoms with van der Waals surface area (Å²) in [5.74, 6) is 0. The molecule has 0 radical (unpaired) electrons. The predicted octanol–water partition coefficient (Wildman–Crippen LogP) is 1.70. The minimum atomic E-state index is 0.590. The van der Waals surface area contributed by atoms with Crippen LogP contribution in [0.1, 0.15) is 26.7 Å². The zero-order valence-electron chi connectivity index (χ0n) is 14.6. The van der Waals surface area contributed by atoms with E-state index in [1.807, 2.05) is 0 Å². The van der Waals surface area contributed by atoms with Crippen molar-refractivity contribution in [2.24, 2.45) is 0 Å². The van der Waals surface area contributed by atoms with E-state index >= 15 is 0 Å². The van der Waals surface area contributed by atoms with Gasteiger partial charge in [0.25, 0.3) is 0 Å². The van der Waals surface area contributed by atoms with E-state index < -0.39 is 0 Å². The maximum absolute atomic E-state index is 5.45. The van der Waals surface area contributed by atoms with Gasteiger partial charge < -0.3 is 0 Å². The van der Waals surface area contributed by atoms with Gasteiger partial charge in [-0.05, 0) is 0 Å². The Morgan fingerprint density at radius 1 is 0.783 bits per heavy atom. The van der Waals surface area contributed by atoms with Gasteiger partial charge >= 0.3 is 147 Å². The van der Waals surface area contributed by atoms with Crippen molar-refractivity contribution in [1.29, 1.82) is 0 Å². The molecule has 0 spiro atoms. The molecule has 3 aliphatic heterocycles. The Bertz CT molecular complexity index is 422. The van der Waals surface area contributed by atoms with Crippen molar-refractivity contribution in [3.05, 3.63) is 20.1 Å². The van der Waals surface area contributed by atoms with Crippen molar-refractivity contribution >= 4 is 15.0 Å². The Labute approximate surface area is 147 Å². The van der Waals surface area contributed by atoms with Crippen LogP contribution < -0.4 is 0 Å². The maximum atomic E-state index is 5.45. The van der Waals surface area contributed by atoms with E-state index in [4.69, 9.17) is 9.47 Å². The van der Waals surface area contributed by atoms with E-state index in [9.17, 15) is 0 Å². The molecule has 0 unspecified atom stereocenters. The van der Waals surface area contributed by atoms with E-state index in [0.29, 0.717) is 15.0 Å². The molecule has 23 heavy (non-hydrogen) atoms. The van der Waals surface area contributed by atoms with Crippen LogP contribution in [-0.2, 0) is 9.47 Å². The summed E-state index contributed by atoms with van der Waals surface area (Å²) in [4.78, 5) is 5.09. The minimum absolute atomic E-state index is 0.590. The summed E-state index contributed by atoms with van der Waals surface area (Å²) in [7, 11) is 0. The van der Waals surface area contributed by atoms with E-state index in [1.165, 1.54) is 12.8 Å². The van der Waals surface area contributed by atoms with Gasteiger partial charge in [0, 0.05) is 0 Å². The molecular formula is C18H30N2O2Se. The van der Waals surface area contributed by atoms with Crippen LogP contribution in [0.25, 0.3) is 0 Å². The number of morpholine rings is 2. The molecule has 3 saturated heterocycles. The van der Waals surface area contributed by atoms with Crippen LogP contribution in [0, 0.1) is 0 Å². The topological polar surface area (TPSA) is 24.9 Å². The molecule has 0 aromatic carbocycles. The number of hydrogen-bond donors (Lipinski definition) is 0. The van der Waals surface area contributed by atoms with Crippen LogP contribution in [0.15, 0.2) is 20.1 Å². The number of ether oxygens (including phenoxy) is 2. The van der Waals surface area contributed by atoms with Crippen molar-refractivity contribution < 1.29 is 9.47 Å². The fourth-order valence-electron chi connectivity index (χ4n) is 3.44. The van der Waals surface area contributed by atoms with Gasteiger partial charge in [0.05, 0.1) is 0 Å². The van der Waals surface area contributed by atoms with Crippen molar-refractivity contribution in [2.75, 3.05) is 65.7 Å². The fourth-order valence-corrected chi connectivity index (χ4v) is 5.93. The third-order valence-corrected chi connectivity index (χ3v) is 8.26. The molecule has 0 aromatic rings. The van der Waals surface area contributed by atoms with E-state index in [-0.39, 0.29) is 0 Å². The monoisotopic (exact) mass is 386 g/mol. The predicted molar refractivity (Wildman–Crippen MR) is 94.9 cm³/mol. The summed E-state index contributed by atoms with van der Waals surface area (Å²) in [6.45, 7) is 15.0. The summed E-state index contributed by atoms with van der Waals surface area (Å²) >= 11 is 0.590. The van der Waals surface area contributed by atoms with Gasteiger partial charge in [0.1, 0.15) is 0 Å². The standard InChI is InChI=1S/C18H30N2O2Se/c1-15(13-19-5-9-21-10-6-19)17-3-4-18(23-17)16(2)14-20-7-11-22-12-8-20/h3-14H2,1-2H3. The molecular weight excluding hydrogens is 355 g/mol. The molecule has 0 aromatic heterocycles. The Morgan fingerprint density at radius 3 is 1.57 bits per heavy atom. The zero-order chi connectivity index (χ0) is 16.1. The molecule has 3 fully saturated rings. The molecule has 5 heteroatoms. The van der Waals surface area contributed by atoms with E-state index in [0.717, 1.165) is 65.7 Å². The third-order valence-electron chi connectivity index (χ3n) is 4.91. The van der Waals surface area contributed by atoms with Crippen molar-refractivity contribution in [3.63, 3.8) is 0 Å². The molecule has 0 saturated carbocycles.